The fourth-order valence-corrected chi connectivity index (χ4v) is 4.72. The molecule has 0 atom stereocenters. The third-order valence-corrected chi connectivity index (χ3v) is 6.68. The predicted molar refractivity (Wildman–Crippen MR) is 111 cm³/mol. The van der Waals surface area contributed by atoms with Crippen LogP contribution in [0.5, 0.6) is 0 Å². The number of rotatable bonds is 10. The molecular formula is C21H32N2O4S. The SMILES string of the molecule is CCCCCS(=O)(=O)CC(=O)N1CCN(C(=O)CCCc2ccccc2)CC1. The number of amides is 2. The Kier molecular flexibility index (Phi) is 8.96. The van der Waals surface area contributed by atoms with Gasteiger partial charge in [0, 0.05) is 32.6 Å². The zero-order chi connectivity index (χ0) is 20.4. The Hall–Kier alpha value is -1.89. The Morgan fingerprint density at radius 2 is 1.50 bits per heavy atom. The lowest BCUT2D eigenvalue weighted by Gasteiger charge is -2.34. The van der Waals surface area contributed by atoms with E-state index in [0.29, 0.717) is 39.0 Å². The summed E-state index contributed by atoms with van der Waals surface area (Å²) in [4.78, 5) is 28.0. The number of carbonyl (C=O) groups is 2. The van der Waals surface area contributed by atoms with E-state index in [2.05, 4.69) is 12.1 Å². The van der Waals surface area contributed by atoms with E-state index >= 15 is 0 Å². The number of aryl methyl sites for hydroxylation is 1. The van der Waals surface area contributed by atoms with E-state index < -0.39 is 15.6 Å². The number of sulfone groups is 1. The normalized spacial score (nSPS) is 14.9. The van der Waals surface area contributed by atoms with Crippen LogP contribution in [0.4, 0.5) is 0 Å². The van der Waals surface area contributed by atoms with Gasteiger partial charge < -0.3 is 9.80 Å². The molecule has 0 bridgehead atoms. The molecule has 6 nitrogen and oxygen atoms in total. The van der Waals surface area contributed by atoms with Crippen LogP contribution in [0.3, 0.4) is 0 Å². The van der Waals surface area contributed by atoms with Crippen LogP contribution in [0.1, 0.15) is 44.6 Å². The zero-order valence-corrected chi connectivity index (χ0v) is 17.6. The van der Waals surface area contributed by atoms with E-state index in [1.165, 1.54) is 5.56 Å². The van der Waals surface area contributed by atoms with Crippen molar-refractivity contribution >= 4 is 21.7 Å². The first-order valence-electron chi connectivity index (χ1n) is 10.2. The van der Waals surface area contributed by atoms with Crippen LogP contribution >= 0.6 is 0 Å². The number of carbonyl (C=O) groups excluding carboxylic acids is 2. The van der Waals surface area contributed by atoms with Gasteiger partial charge in [-0.15, -0.1) is 0 Å². The molecule has 0 aliphatic carbocycles. The summed E-state index contributed by atoms with van der Waals surface area (Å²) in [5.74, 6) is -0.573. The van der Waals surface area contributed by atoms with Crippen LogP contribution in [0.2, 0.25) is 0 Å². The topological polar surface area (TPSA) is 74.8 Å². The van der Waals surface area contributed by atoms with Gasteiger partial charge in [-0.3, -0.25) is 9.59 Å². The maximum Gasteiger partial charge on any atom is 0.237 e. The standard InChI is InChI=1S/C21H32N2O4S/c1-2-3-7-17-28(26,27)18-21(25)23-15-13-22(14-16-23)20(24)12-8-11-19-9-5-4-6-10-19/h4-6,9-10H,2-3,7-8,11-18H2,1H3. The highest BCUT2D eigenvalue weighted by Crippen LogP contribution is 2.10. The largest absolute Gasteiger partial charge is 0.339 e. The molecule has 1 heterocycles. The van der Waals surface area contributed by atoms with Crippen LogP contribution < -0.4 is 0 Å². The summed E-state index contributed by atoms with van der Waals surface area (Å²) in [6, 6.07) is 10.1. The summed E-state index contributed by atoms with van der Waals surface area (Å²) in [5, 5.41) is 0. The molecule has 1 fully saturated rings. The first-order chi connectivity index (χ1) is 13.4. The lowest BCUT2D eigenvalue weighted by Crippen LogP contribution is -2.51. The lowest BCUT2D eigenvalue weighted by molar-refractivity contribution is -0.138. The number of hydrogen-bond acceptors (Lipinski definition) is 4. The quantitative estimate of drug-likeness (QED) is 0.557. The maximum atomic E-state index is 12.4. The van der Waals surface area contributed by atoms with Crippen molar-refractivity contribution in [2.75, 3.05) is 37.7 Å². The van der Waals surface area contributed by atoms with Crippen LogP contribution in [-0.4, -0.2) is 67.7 Å². The second-order valence-electron chi connectivity index (χ2n) is 7.40. The average Bonchev–Trinajstić information content (AvgIpc) is 2.68. The zero-order valence-electron chi connectivity index (χ0n) is 16.8. The summed E-state index contributed by atoms with van der Waals surface area (Å²) in [6.45, 7) is 3.79. The van der Waals surface area contributed by atoms with Crippen molar-refractivity contribution in [3.8, 4) is 0 Å². The molecule has 28 heavy (non-hydrogen) atoms. The third kappa shape index (κ3) is 7.62. The van der Waals surface area contributed by atoms with Gasteiger partial charge in [-0.1, -0.05) is 50.1 Å². The van der Waals surface area contributed by atoms with Gasteiger partial charge >= 0.3 is 0 Å². The Bertz CT molecular complexity index is 726. The molecule has 0 N–H and O–H groups in total. The Labute approximate surface area is 168 Å². The Morgan fingerprint density at radius 3 is 2.11 bits per heavy atom. The van der Waals surface area contributed by atoms with Crippen molar-refractivity contribution in [3.63, 3.8) is 0 Å². The molecule has 1 aromatic rings. The van der Waals surface area contributed by atoms with Crippen molar-refractivity contribution in [1.82, 2.24) is 9.80 Å². The van der Waals surface area contributed by atoms with Gasteiger partial charge in [0.1, 0.15) is 5.75 Å². The second-order valence-corrected chi connectivity index (χ2v) is 9.58. The molecule has 0 saturated carbocycles. The van der Waals surface area contributed by atoms with Gasteiger partial charge in [-0.05, 0) is 24.8 Å². The monoisotopic (exact) mass is 408 g/mol. The highest BCUT2D eigenvalue weighted by atomic mass is 32.2. The van der Waals surface area contributed by atoms with Crippen molar-refractivity contribution in [3.05, 3.63) is 35.9 Å². The summed E-state index contributed by atoms with van der Waals surface area (Å²) >= 11 is 0. The predicted octanol–water partition coefficient (Wildman–Crippen LogP) is 2.29. The Morgan fingerprint density at radius 1 is 0.893 bits per heavy atom. The number of unbranched alkanes of at least 4 members (excludes halogenated alkanes) is 2. The van der Waals surface area contributed by atoms with E-state index in [0.717, 1.165) is 25.7 Å². The van der Waals surface area contributed by atoms with E-state index in [1.807, 2.05) is 25.1 Å². The fourth-order valence-electron chi connectivity index (χ4n) is 3.38. The van der Waals surface area contributed by atoms with Gasteiger partial charge in [0.2, 0.25) is 11.8 Å². The molecule has 156 valence electrons. The smallest absolute Gasteiger partial charge is 0.237 e. The number of benzene rings is 1. The fraction of sp³-hybridized carbons (Fsp3) is 0.619. The van der Waals surface area contributed by atoms with Gasteiger partial charge in [0.15, 0.2) is 9.84 Å². The van der Waals surface area contributed by atoms with Crippen molar-refractivity contribution in [2.24, 2.45) is 0 Å². The molecule has 0 aromatic heterocycles. The number of hydrogen-bond donors (Lipinski definition) is 0. The molecule has 0 radical (unpaired) electrons. The minimum Gasteiger partial charge on any atom is -0.339 e. The molecule has 0 spiro atoms. The summed E-state index contributed by atoms with van der Waals surface area (Å²) < 4.78 is 24.1. The van der Waals surface area contributed by atoms with E-state index in [9.17, 15) is 18.0 Å². The minimum atomic E-state index is -3.34. The van der Waals surface area contributed by atoms with Crippen molar-refractivity contribution < 1.29 is 18.0 Å². The molecule has 1 aliphatic rings. The number of piperazine rings is 1. The molecule has 1 aromatic carbocycles. The maximum absolute atomic E-state index is 12.4. The first-order valence-corrected chi connectivity index (χ1v) is 12.0. The molecule has 0 unspecified atom stereocenters. The van der Waals surface area contributed by atoms with E-state index in [1.54, 1.807) is 9.80 Å². The highest BCUT2D eigenvalue weighted by molar-refractivity contribution is 7.92. The highest BCUT2D eigenvalue weighted by Gasteiger charge is 2.26. The molecule has 7 heteroatoms. The van der Waals surface area contributed by atoms with Gasteiger partial charge in [-0.25, -0.2) is 8.42 Å². The van der Waals surface area contributed by atoms with Gasteiger partial charge in [0.25, 0.3) is 0 Å². The van der Waals surface area contributed by atoms with Crippen molar-refractivity contribution in [2.45, 2.75) is 45.4 Å². The molecule has 1 saturated heterocycles. The Balaban J connectivity index is 1.69. The van der Waals surface area contributed by atoms with E-state index in [-0.39, 0.29) is 17.6 Å². The van der Waals surface area contributed by atoms with Gasteiger partial charge in [0.05, 0.1) is 5.75 Å². The molecule has 2 rings (SSSR count). The number of nitrogens with zero attached hydrogens (tertiary/aromatic N) is 2. The summed E-state index contributed by atoms with van der Waals surface area (Å²) in [7, 11) is -3.34. The minimum absolute atomic E-state index is 0.0758. The van der Waals surface area contributed by atoms with Crippen LogP contribution in [-0.2, 0) is 25.8 Å². The molecule has 1 aliphatic heterocycles. The first kappa shape index (κ1) is 22.4. The second kappa shape index (κ2) is 11.2. The van der Waals surface area contributed by atoms with E-state index in [4.69, 9.17) is 0 Å². The van der Waals surface area contributed by atoms with Crippen LogP contribution in [0.15, 0.2) is 30.3 Å². The third-order valence-electron chi connectivity index (χ3n) is 5.09. The van der Waals surface area contributed by atoms with Gasteiger partial charge in [-0.2, -0.15) is 0 Å². The molecule has 2 amide bonds. The average molecular weight is 409 g/mol. The van der Waals surface area contributed by atoms with Crippen LogP contribution in [0, 0.1) is 0 Å². The van der Waals surface area contributed by atoms with Crippen LogP contribution in [0.25, 0.3) is 0 Å². The lowest BCUT2D eigenvalue weighted by atomic mass is 10.1. The molecular weight excluding hydrogens is 376 g/mol. The summed E-state index contributed by atoms with van der Waals surface area (Å²) in [6.07, 6.45) is 4.59. The summed E-state index contributed by atoms with van der Waals surface area (Å²) in [5.41, 5.74) is 1.23. The van der Waals surface area contributed by atoms with Crippen molar-refractivity contribution in [1.29, 1.82) is 0 Å².